The van der Waals surface area contributed by atoms with Crippen molar-refractivity contribution in [3.63, 3.8) is 0 Å². The first-order valence-electron chi connectivity index (χ1n) is 9.49. The Kier molecular flexibility index (Phi) is 5.69. The predicted octanol–water partition coefficient (Wildman–Crippen LogP) is 4.69. The van der Waals surface area contributed by atoms with Gasteiger partial charge in [-0.05, 0) is 49.6 Å². The molecule has 2 aromatic carbocycles. The second-order valence-corrected chi connectivity index (χ2v) is 9.86. The van der Waals surface area contributed by atoms with E-state index in [1.54, 1.807) is 24.0 Å². The van der Waals surface area contributed by atoms with Crippen LogP contribution in [0, 0.1) is 0 Å². The average molecular weight is 414 g/mol. The number of rotatable bonds is 4. The summed E-state index contributed by atoms with van der Waals surface area (Å²) in [6.45, 7) is 3.66. The Morgan fingerprint density at radius 2 is 1.75 bits per heavy atom. The zero-order valence-corrected chi connectivity index (χ0v) is 17.6. The maximum absolute atomic E-state index is 13.0. The summed E-state index contributed by atoms with van der Waals surface area (Å²) in [6.07, 6.45) is -0.0111. The van der Waals surface area contributed by atoms with Crippen molar-refractivity contribution in [3.05, 3.63) is 65.2 Å². The van der Waals surface area contributed by atoms with Gasteiger partial charge < -0.3 is 9.64 Å². The van der Waals surface area contributed by atoms with E-state index in [1.807, 2.05) is 66.8 Å². The van der Waals surface area contributed by atoms with Crippen LogP contribution in [0.25, 0.3) is 0 Å². The quantitative estimate of drug-likeness (QED) is 0.681. The summed E-state index contributed by atoms with van der Waals surface area (Å²) < 4.78 is 5.95. The number of para-hydroxylation sites is 1. The van der Waals surface area contributed by atoms with Crippen molar-refractivity contribution >= 4 is 41.1 Å². The van der Waals surface area contributed by atoms with Gasteiger partial charge in [-0.25, -0.2) is 4.79 Å². The highest BCUT2D eigenvalue weighted by Crippen LogP contribution is 2.45. The molecule has 1 fully saturated rings. The molecule has 2 heterocycles. The Morgan fingerprint density at radius 1 is 1.07 bits per heavy atom. The molecule has 2 aliphatic rings. The van der Waals surface area contributed by atoms with E-state index in [-0.39, 0.29) is 11.9 Å². The SMILES string of the molecule is C[C@@H]1Cc2ccccc2N1C(=O)[C@@H](C)OC(=O)c1ccc(C2SCCS2)cc1. The van der Waals surface area contributed by atoms with Gasteiger partial charge in [-0.15, -0.1) is 23.5 Å². The third-order valence-corrected chi connectivity index (χ3v) is 8.22. The van der Waals surface area contributed by atoms with Crippen molar-refractivity contribution in [3.8, 4) is 0 Å². The van der Waals surface area contributed by atoms with E-state index in [0.717, 1.165) is 29.2 Å². The maximum Gasteiger partial charge on any atom is 0.338 e. The van der Waals surface area contributed by atoms with Crippen LogP contribution in [0.15, 0.2) is 48.5 Å². The Labute approximate surface area is 174 Å². The average Bonchev–Trinajstić information content (AvgIpc) is 3.34. The van der Waals surface area contributed by atoms with Gasteiger partial charge in [0.1, 0.15) is 0 Å². The third kappa shape index (κ3) is 3.80. The van der Waals surface area contributed by atoms with Crippen molar-refractivity contribution in [1.29, 1.82) is 0 Å². The molecule has 0 N–H and O–H groups in total. The number of benzene rings is 2. The Balaban J connectivity index is 1.42. The van der Waals surface area contributed by atoms with Crippen LogP contribution in [0.4, 0.5) is 5.69 Å². The maximum atomic E-state index is 13.0. The van der Waals surface area contributed by atoms with Crippen LogP contribution in [0.1, 0.15) is 39.9 Å². The van der Waals surface area contributed by atoms with E-state index in [0.29, 0.717) is 10.1 Å². The van der Waals surface area contributed by atoms with Gasteiger partial charge in [-0.3, -0.25) is 4.79 Å². The first-order chi connectivity index (χ1) is 13.5. The lowest BCUT2D eigenvalue weighted by atomic mass is 10.1. The van der Waals surface area contributed by atoms with Crippen LogP contribution in [-0.2, 0) is 16.0 Å². The van der Waals surface area contributed by atoms with E-state index < -0.39 is 12.1 Å². The third-order valence-electron chi connectivity index (χ3n) is 5.12. The lowest BCUT2D eigenvalue weighted by Gasteiger charge is -2.26. The fourth-order valence-corrected chi connectivity index (χ4v) is 6.56. The minimum absolute atomic E-state index is 0.0618. The molecule has 146 valence electrons. The number of amides is 1. The number of hydrogen-bond donors (Lipinski definition) is 0. The number of thioether (sulfide) groups is 2. The summed E-state index contributed by atoms with van der Waals surface area (Å²) in [4.78, 5) is 27.2. The lowest BCUT2D eigenvalue weighted by Crippen LogP contribution is -2.43. The Morgan fingerprint density at radius 3 is 2.46 bits per heavy atom. The minimum atomic E-state index is -0.832. The molecule has 1 amide bonds. The van der Waals surface area contributed by atoms with E-state index in [9.17, 15) is 9.59 Å². The molecule has 1 saturated heterocycles. The molecule has 0 bridgehead atoms. The normalized spacial score (nSPS) is 20.1. The van der Waals surface area contributed by atoms with Crippen molar-refractivity contribution in [2.75, 3.05) is 16.4 Å². The largest absolute Gasteiger partial charge is 0.449 e. The predicted molar refractivity (Wildman–Crippen MR) is 116 cm³/mol. The van der Waals surface area contributed by atoms with Gasteiger partial charge in [-0.2, -0.15) is 0 Å². The molecule has 2 aliphatic heterocycles. The van der Waals surface area contributed by atoms with Gasteiger partial charge in [0.25, 0.3) is 5.91 Å². The van der Waals surface area contributed by atoms with Crippen LogP contribution in [-0.4, -0.2) is 35.5 Å². The molecule has 6 heteroatoms. The van der Waals surface area contributed by atoms with E-state index in [1.165, 1.54) is 5.56 Å². The van der Waals surface area contributed by atoms with Gasteiger partial charge in [-0.1, -0.05) is 30.3 Å². The number of carbonyl (C=O) groups is 2. The summed E-state index contributed by atoms with van der Waals surface area (Å²) in [5.41, 5.74) is 3.76. The highest BCUT2D eigenvalue weighted by molar-refractivity contribution is 8.19. The molecular formula is C22H23NO3S2. The first-order valence-corrected chi connectivity index (χ1v) is 11.6. The van der Waals surface area contributed by atoms with Gasteiger partial charge in [0.15, 0.2) is 6.10 Å². The topological polar surface area (TPSA) is 46.6 Å². The molecule has 2 aromatic rings. The fraction of sp³-hybridized carbons (Fsp3) is 0.364. The van der Waals surface area contributed by atoms with Gasteiger partial charge in [0.05, 0.1) is 10.1 Å². The van der Waals surface area contributed by atoms with E-state index >= 15 is 0 Å². The molecular weight excluding hydrogens is 390 g/mol. The number of esters is 1. The Hall–Kier alpha value is -1.92. The van der Waals surface area contributed by atoms with Crippen LogP contribution < -0.4 is 4.90 Å². The van der Waals surface area contributed by atoms with Crippen LogP contribution in [0.2, 0.25) is 0 Å². The molecule has 0 spiro atoms. The van der Waals surface area contributed by atoms with Crippen LogP contribution in [0.5, 0.6) is 0 Å². The number of nitrogens with zero attached hydrogens (tertiary/aromatic N) is 1. The standard InChI is InChI=1S/C22H23NO3S2/c1-14-13-18-5-3-4-6-19(18)23(14)20(24)15(2)26-21(25)16-7-9-17(10-8-16)22-27-11-12-28-22/h3-10,14-15,22H,11-13H2,1-2H3/t14-,15-/m1/s1. The fourth-order valence-electron chi connectivity index (χ4n) is 3.70. The summed E-state index contributed by atoms with van der Waals surface area (Å²) in [6, 6.07) is 15.5. The number of hydrogen-bond acceptors (Lipinski definition) is 5. The number of carbonyl (C=O) groups excluding carboxylic acids is 2. The van der Waals surface area contributed by atoms with Crippen molar-refractivity contribution in [2.45, 2.75) is 37.0 Å². The Bertz CT molecular complexity index is 878. The first kappa shape index (κ1) is 19.4. The smallest absolute Gasteiger partial charge is 0.338 e. The van der Waals surface area contributed by atoms with Crippen molar-refractivity contribution in [1.82, 2.24) is 0 Å². The van der Waals surface area contributed by atoms with Crippen molar-refractivity contribution < 1.29 is 14.3 Å². The molecule has 0 radical (unpaired) electrons. The number of ether oxygens (including phenoxy) is 1. The summed E-state index contributed by atoms with van der Waals surface area (Å²) in [5.74, 6) is 1.69. The van der Waals surface area contributed by atoms with Crippen LogP contribution >= 0.6 is 23.5 Å². The zero-order chi connectivity index (χ0) is 19.7. The summed E-state index contributed by atoms with van der Waals surface area (Å²) in [7, 11) is 0. The molecule has 28 heavy (non-hydrogen) atoms. The zero-order valence-electron chi connectivity index (χ0n) is 16.0. The minimum Gasteiger partial charge on any atom is -0.449 e. The molecule has 0 unspecified atom stereocenters. The molecule has 4 rings (SSSR count). The summed E-state index contributed by atoms with van der Waals surface area (Å²) >= 11 is 3.86. The number of anilines is 1. The van der Waals surface area contributed by atoms with Crippen LogP contribution in [0.3, 0.4) is 0 Å². The highest BCUT2D eigenvalue weighted by Gasteiger charge is 2.34. The van der Waals surface area contributed by atoms with Gasteiger partial charge in [0, 0.05) is 23.2 Å². The van der Waals surface area contributed by atoms with Crippen molar-refractivity contribution in [2.24, 2.45) is 0 Å². The summed E-state index contributed by atoms with van der Waals surface area (Å²) in [5, 5.41) is 0. The highest BCUT2D eigenvalue weighted by atomic mass is 32.2. The molecule has 0 aliphatic carbocycles. The second kappa shape index (κ2) is 8.21. The number of fused-ring (bicyclic) bond motifs is 1. The van der Waals surface area contributed by atoms with E-state index in [4.69, 9.17) is 4.74 Å². The lowest BCUT2D eigenvalue weighted by molar-refractivity contribution is -0.126. The van der Waals surface area contributed by atoms with Gasteiger partial charge in [0.2, 0.25) is 0 Å². The van der Waals surface area contributed by atoms with E-state index in [2.05, 4.69) is 0 Å². The second-order valence-electron chi connectivity index (χ2n) is 7.13. The molecule has 4 nitrogen and oxygen atoms in total. The molecule has 0 saturated carbocycles. The molecule has 2 atom stereocenters. The monoisotopic (exact) mass is 413 g/mol. The van der Waals surface area contributed by atoms with Gasteiger partial charge >= 0.3 is 5.97 Å². The molecule has 0 aromatic heterocycles.